The number of nitrogens with zero attached hydrogens (tertiary/aromatic N) is 1. The van der Waals surface area contributed by atoms with Crippen LogP contribution in [0.3, 0.4) is 0 Å². The molecule has 0 radical (unpaired) electrons. The van der Waals surface area contributed by atoms with Crippen molar-refractivity contribution in [2.75, 3.05) is 26.7 Å². The molecule has 2 aromatic carbocycles. The zero-order chi connectivity index (χ0) is 17.6. The van der Waals surface area contributed by atoms with Crippen molar-refractivity contribution >= 4 is 5.91 Å². The van der Waals surface area contributed by atoms with Crippen LogP contribution in [0.2, 0.25) is 0 Å². The maximum absolute atomic E-state index is 12.5. The van der Waals surface area contributed by atoms with Crippen molar-refractivity contribution in [3.05, 3.63) is 66.7 Å². The van der Waals surface area contributed by atoms with Gasteiger partial charge in [0.2, 0.25) is 5.91 Å². The molecule has 3 rings (SSSR count). The van der Waals surface area contributed by atoms with Crippen molar-refractivity contribution in [1.82, 2.24) is 10.2 Å². The molecule has 1 unspecified atom stereocenters. The first-order chi connectivity index (χ1) is 12.2. The third-order valence-corrected chi connectivity index (χ3v) is 4.53. The highest BCUT2D eigenvalue weighted by atomic mass is 16.5. The fraction of sp³-hybridized carbons (Fsp3) is 0.286. The van der Waals surface area contributed by atoms with Crippen LogP contribution in [0.5, 0.6) is 5.75 Å². The smallest absolute Gasteiger partial charge is 0.240 e. The van der Waals surface area contributed by atoms with E-state index in [-0.39, 0.29) is 11.9 Å². The van der Waals surface area contributed by atoms with Gasteiger partial charge in [0.05, 0.1) is 13.2 Å². The molecule has 0 saturated carbocycles. The van der Waals surface area contributed by atoms with E-state index < -0.39 is 0 Å². The summed E-state index contributed by atoms with van der Waals surface area (Å²) in [4.78, 5) is 14.3. The van der Waals surface area contributed by atoms with Gasteiger partial charge in [-0.15, -0.1) is 6.58 Å². The summed E-state index contributed by atoms with van der Waals surface area (Å²) >= 11 is 0. The Morgan fingerprint density at radius 1 is 1.24 bits per heavy atom. The van der Waals surface area contributed by atoms with Crippen LogP contribution in [-0.4, -0.2) is 43.6 Å². The van der Waals surface area contributed by atoms with E-state index in [2.05, 4.69) is 42.2 Å². The summed E-state index contributed by atoms with van der Waals surface area (Å²) in [6.45, 7) is 5.91. The largest absolute Gasteiger partial charge is 0.497 e. The Morgan fingerprint density at radius 3 is 2.76 bits per heavy atom. The van der Waals surface area contributed by atoms with E-state index in [0.717, 1.165) is 35.5 Å². The molecule has 0 bridgehead atoms. The normalized spacial score (nSPS) is 17.4. The van der Waals surface area contributed by atoms with Gasteiger partial charge in [-0.05, 0) is 35.2 Å². The lowest BCUT2D eigenvalue weighted by atomic mass is 9.99. The summed E-state index contributed by atoms with van der Waals surface area (Å²) < 4.78 is 5.28. The van der Waals surface area contributed by atoms with Crippen LogP contribution in [0.4, 0.5) is 0 Å². The second-order valence-corrected chi connectivity index (χ2v) is 6.21. The molecular weight excluding hydrogens is 312 g/mol. The minimum Gasteiger partial charge on any atom is -0.497 e. The lowest BCUT2D eigenvalue weighted by Gasteiger charge is -2.32. The van der Waals surface area contributed by atoms with Gasteiger partial charge in [0, 0.05) is 19.6 Å². The summed E-state index contributed by atoms with van der Waals surface area (Å²) in [5, 5.41) is 3.33. The molecule has 0 aliphatic carbocycles. The average molecular weight is 336 g/mol. The van der Waals surface area contributed by atoms with E-state index >= 15 is 0 Å². The number of piperazine rings is 1. The third-order valence-electron chi connectivity index (χ3n) is 4.53. The van der Waals surface area contributed by atoms with Gasteiger partial charge in [-0.2, -0.15) is 0 Å². The Morgan fingerprint density at radius 2 is 2.04 bits per heavy atom. The van der Waals surface area contributed by atoms with E-state index in [1.165, 1.54) is 0 Å². The van der Waals surface area contributed by atoms with E-state index in [9.17, 15) is 4.79 Å². The van der Waals surface area contributed by atoms with Gasteiger partial charge in [-0.1, -0.05) is 42.5 Å². The lowest BCUT2D eigenvalue weighted by molar-refractivity contribution is -0.135. The van der Waals surface area contributed by atoms with Gasteiger partial charge in [-0.25, -0.2) is 0 Å². The van der Waals surface area contributed by atoms with Crippen molar-refractivity contribution < 1.29 is 9.53 Å². The molecule has 1 saturated heterocycles. The molecule has 1 atom stereocenters. The van der Waals surface area contributed by atoms with Crippen molar-refractivity contribution in [2.45, 2.75) is 12.5 Å². The summed E-state index contributed by atoms with van der Waals surface area (Å²) in [5.74, 6) is 1.00. The molecule has 1 aliphatic heterocycles. The van der Waals surface area contributed by atoms with Crippen LogP contribution in [0.25, 0.3) is 11.1 Å². The summed E-state index contributed by atoms with van der Waals surface area (Å²) in [6.07, 6.45) is 2.48. The maximum Gasteiger partial charge on any atom is 0.240 e. The quantitative estimate of drug-likeness (QED) is 0.825. The summed E-state index contributed by atoms with van der Waals surface area (Å²) in [7, 11) is 1.67. The fourth-order valence-electron chi connectivity index (χ4n) is 3.16. The minimum absolute atomic E-state index is 0.156. The highest BCUT2D eigenvalue weighted by molar-refractivity contribution is 5.83. The standard InChI is InChI=1S/C21H24N2O2/c1-3-12-23-13-11-22-20(21(23)24)14-16-7-9-17(10-8-16)18-5-4-6-19(15-18)25-2/h3-10,15,20,22H,1,11-14H2,2H3. The molecule has 4 heteroatoms. The van der Waals surface area contributed by atoms with Crippen molar-refractivity contribution in [3.8, 4) is 16.9 Å². The molecule has 1 heterocycles. The summed E-state index contributed by atoms with van der Waals surface area (Å²) in [6, 6.07) is 16.2. The Balaban J connectivity index is 1.70. The van der Waals surface area contributed by atoms with E-state index in [4.69, 9.17) is 4.74 Å². The number of carbonyl (C=O) groups excluding carboxylic acids is 1. The maximum atomic E-state index is 12.5. The molecule has 4 nitrogen and oxygen atoms in total. The number of methoxy groups -OCH3 is 1. The molecule has 1 fully saturated rings. The van der Waals surface area contributed by atoms with Crippen LogP contribution in [0.15, 0.2) is 61.2 Å². The van der Waals surface area contributed by atoms with Gasteiger partial charge >= 0.3 is 0 Å². The molecule has 1 amide bonds. The Hall–Kier alpha value is -2.59. The van der Waals surface area contributed by atoms with Crippen LogP contribution >= 0.6 is 0 Å². The first-order valence-corrected chi connectivity index (χ1v) is 8.57. The number of nitrogens with one attached hydrogen (secondary N) is 1. The van der Waals surface area contributed by atoms with Crippen LogP contribution < -0.4 is 10.1 Å². The second kappa shape index (κ2) is 7.99. The van der Waals surface area contributed by atoms with Crippen molar-refractivity contribution in [2.24, 2.45) is 0 Å². The number of benzene rings is 2. The molecule has 1 aliphatic rings. The van der Waals surface area contributed by atoms with Crippen LogP contribution in [-0.2, 0) is 11.2 Å². The van der Waals surface area contributed by atoms with E-state index in [1.54, 1.807) is 13.2 Å². The molecule has 2 aromatic rings. The van der Waals surface area contributed by atoms with Crippen molar-refractivity contribution in [3.63, 3.8) is 0 Å². The first kappa shape index (κ1) is 17.2. The van der Waals surface area contributed by atoms with Gasteiger partial charge in [-0.3, -0.25) is 4.79 Å². The zero-order valence-corrected chi connectivity index (χ0v) is 14.6. The summed E-state index contributed by atoms with van der Waals surface area (Å²) in [5.41, 5.74) is 3.41. The first-order valence-electron chi connectivity index (χ1n) is 8.57. The molecule has 0 aromatic heterocycles. The second-order valence-electron chi connectivity index (χ2n) is 6.21. The SMILES string of the molecule is C=CCN1CCNC(Cc2ccc(-c3cccc(OC)c3)cc2)C1=O. The Bertz CT molecular complexity index is 740. The van der Waals surface area contributed by atoms with Crippen LogP contribution in [0, 0.1) is 0 Å². The van der Waals surface area contributed by atoms with E-state index in [0.29, 0.717) is 13.0 Å². The number of hydrogen-bond acceptors (Lipinski definition) is 3. The molecule has 25 heavy (non-hydrogen) atoms. The average Bonchev–Trinajstić information content (AvgIpc) is 2.66. The molecule has 0 spiro atoms. The predicted molar refractivity (Wildman–Crippen MR) is 101 cm³/mol. The number of carbonyl (C=O) groups is 1. The Labute approximate surface area is 149 Å². The van der Waals surface area contributed by atoms with Gasteiger partial charge in [0.1, 0.15) is 5.75 Å². The number of rotatable bonds is 6. The van der Waals surface area contributed by atoms with E-state index in [1.807, 2.05) is 23.1 Å². The predicted octanol–water partition coefficient (Wildman–Crippen LogP) is 2.89. The number of ether oxygens (including phenoxy) is 1. The number of hydrogen-bond donors (Lipinski definition) is 1. The molecule has 1 N–H and O–H groups in total. The fourth-order valence-corrected chi connectivity index (χ4v) is 3.16. The minimum atomic E-state index is -0.156. The van der Waals surface area contributed by atoms with Crippen LogP contribution in [0.1, 0.15) is 5.56 Å². The zero-order valence-electron chi connectivity index (χ0n) is 14.6. The molecule has 130 valence electrons. The van der Waals surface area contributed by atoms with Gasteiger partial charge < -0.3 is 15.0 Å². The topological polar surface area (TPSA) is 41.6 Å². The molecular formula is C21H24N2O2. The highest BCUT2D eigenvalue weighted by Gasteiger charge is 2.27. The lowest BCUT2D eigenvalue weighted by Crippen LogP contribution is -2.55. The van der Waals surface area contributed by atoms with Gasteiger partial charge in [0.25, 0.3) is 0 Å². The number of amides is 1. The Kier molecular flexibility index (Phi) is 5.51. The third kappa shape index (κ3) is 4.09. The highest BCUT2D eigenvalue weighted by Crippen LogP contribution is 2.24. The van der Waals surface area contributed by atoms with Crippen molar-refractivity contribution in [1.29, 1.82) is 0 Å². The van der Waals surface area contributed by atoms with Gasteiger partial charge in [0.15, 0.2) is 0 Å². The monoisotopic (exact) mass is 336 g/mol.